The van der Waals surface area contributed by atoms with Gasteiger partial charge >= 0.3 is 0 Å². The number of fused-ring (bicyclic) bond motifs is 20. The average molecular weight is 969 g/mol. The van der Waals surface area contributed by atoms with Crippen LogP contribution in [0.2, 0.25) is 0 Å². The van der Waals surface area contributed by atoms with E-state index >= 15 is 0 Å². The molecule has 2 unspecified atom stereocenters. The van der Waals surface area contributed by atoms with Crippen LogP contribution in [-0.4, -0.2) is 4.98 Å². The molecule has 0 bridgehead atoms. The number of benzene rings is 9. The highest BCUT2D eigenvalue weighted by atomic mass is 32.2. The minimum Gasteiger partial charge on any atom is -0.457 e. The number of nitrogens with zero attached hydrogens (tertiary/aromatic N) is 2. The second-order valence-electron chi connectivity index (χ2n) is 20.1. The molecule has 0 N–H and O–H groups in total. The molecule has 5 aliphatic rings. The van der Waals surface area contributed by atoms with Crippen LogP contribution in [0.4, 0.5) is 17.2 Å². The van der Waals surface area contributed by atoms with Gasteiger partial charge in [0.05, 0.1) is 10.8 Å². The molecule has 16 rings (SSSR count). The van der Waals surface area contributed by atoms with E-state index in [0.717, 1.165) is 46.2 Å². The Kier molecular flexibility index (Phi) is 8.73. The van der Waals surface area contributed by atoms with E-state index in [-0.39, 0.29) is 0 Å². The zero-order valence-corrected chi connectivity index (χ0v) is 41.5. The molecular weight excluding hydrogens is 925 g/mol. The first-order chi connectivity index (χ1) is 36.1. The summed E-state index contributed by atoms with van der Waals surface area (Å²) >= 11 is 3.72. The molecule has 11 aromatic rings. The summed E-state index contributed by atoms with van der Waals surface area (Å²) in [4.78, 5) is 10.4. The van der Waals surface area contributed by atoms with Crippen molar-refractivity contribution in [3.05, 3.63) is 281 Å². The van der Waals surface area contributed by atoms with E-state index in [1.165, 1.54) is 96.7 Å². The Bertz CT molecular complexity index is 4190. The minimum atomic E-state index is -0.562. The number of pyridine rings is 1. The van der Waals surface area contributed by atoms with Crippen LogP contribution >= 0.6 is 23.1 Å². The van der Waals surface area contributed by atoms with Gasteiger partial charge in [0.25, 0.3) is 0 Å². The standard InChI is InChI=1S/C68H44N2OS2/c1-41-29-33-49-48-17-4-8-22-53(48)68(56(49)37-41)54-23-9-11-25-59(54)71-60-34-31-43(38-57(60)68)70(65-36-30-42(40-69-65)45-19-14-28-64-66(45)50-18-5-12-26-61(50)72-64)44-32-35-63-58(39-44)67(55-24-10-13-27-62(55)73-63)51-20-6-2-15-46(51)47-16-3-7-21-52(47)67/h2-36,38-41H,37H2,1H3. The van der Waals surface area contributed by atoms with Crippen molar-refractivity contribution in [1.29, 1.82) is 0 Å². The van der Waals surface area contributed by atoms with Gasteiger partial charge in [-0.2, -0.15) is 0 Å². The highest BCUT2D eigenvalue weighted by Gasteiger charge is 2.53. The van der Waals surface area contributed by atoms with Gasteiger partial charge in [-0.3, -0.25) is 4.90 Å². The molecule has 0 saturated heterocycles. The largest absolute Gasteiger partial charge is 0.457 e. The number of anilines is 3. The Morgan fingerprint density at radius 1 is 0.507 bits per heavy atom. The predicted molar refractivity (Wildman–Crippen MR) is 301 cm³/mol. The van der Waals surface area contributed by atoms with Gasteiger partial charge < -0.3 is 4.74 Å². The Morgan fingerprint density at radius 3 is 1.92 bits per heavy atom. The van der Waals surface area contributed by atoms with E-state index in [1.807, 2.05) is 23.1 Å². The molecule has 0 saturated carbocycles. The summed E-state index contributed by atoms with van der Waals surface area (Å²) < 4.78 is 9.59. The number of aromatic nitrogens is 1. The van der Waals surface area contributed by atoms with Crippen molar-refractivity contribution < 1.29 is 4.74 Å². The third-order valence-corrected chi connectivity index (χ3v) is 18.7. The summed E-state index contributed by atoms with van der Waals surface area (Å²) in [5.41, 5.74) is 18.8. The number of rotatable bonds is 4. The van der Waals surface area contributed by atoms with Gasteiger partial charge in [0.15, 0.2) is 0 Å². The number of para-hydroxylation sites is 1. The van der Waals surface area contributed by atoms with Crippen molar-refractivity contribution in [1.82, 2.24) is 4.98 Å². The van der Waals surface area contributed by atoms with Gasteiger partial charge in [-0.25, -0.2) is 4.98 Å². The summed E-state index contributed by atoms with van der Waals surface area (Å²) in [5, 5.41) is 2.56. The lowest BCUT2D eigenvalue weighted by Crippen LogP contribution is -2.34. The average Bonchev–Trinajstić information content (AvgIpc) is 4.07. The van der Waals surface area contributed by atoms with Gasteiger partial charge in [0, 0.05) is 64.2 Å². The Hall–Kier alpha value is -8.22. The number of hydrogen-bond acceptors (Lipinski definition) is 5. The fourth-order valence-corrected chi connectivity index (χ4v) is 15.9. The summed E-state index contributed by atoms with van der Waals surface area (Å²) in [6.07, 6.45) is 7.80. The summed E-state index contributed by atoms with van der Waals surface area (Å²) in [6, 6.07) is 78.9. The molecule has 5 heteroatoms. The van der Waals surface area contributed by atoms with Crippen molar-refractivity contribution >= 4 is 66.0 Å². The quantitative estimate of drug-likeness (QED) is 0.175. The summed E-state index contributed by atoms with van der Waals surface area (Å²) in [6.45, 7) is 2.35. The van der Waals surface area contributed by atoms with E-state index in [0.29, 0.717) is 5.92 Å². The van der Waals surface area contributed by atoms with Gasteiger partial charge in [0.2, 0.25) is 0 Å². The van der Waals surface area contributed by atoms with Crippen molar-refractivity contribution in [2.75, 3.05) is 4.90 Å². The van der Waals surface area contributed by atoms with E-state index in [2.05, 4.69) is 242 Å². The Balaban J connectivity index is 0.949. The zero-order valence-electron chi connectivity index (χ0n) is 39.8. The van der Waals surface area contributed by atoms with Gasteiger partial charge in [-0.1, -0.05) is 170 Å². The maximum atomic E-state index is 7.02. The second kappa shape index (κ2) is 15.4. The normalized spacial score (nSPS) is 17.8. The third kappa shape index (κ3) is 5.58. The molecule has 2 atom stereocenters. The predicted octanol–water partition coefficient (Wildman–Crippen LogP) is 18.2. The fraction of sp³-hybridized carbons (Fsp3) is 0.0735. The lowest BCUT2D eigenvalue weighted by molar-refractivity contribution is 0.429. The van der Waals surface area contributed by atoms with Crippen molar-refractivity contribution in [3.8, 4) is 33.8 Å². The minimum absolute atomic E-state index is 0.389. The maximum absolute atomic E-state index is 7.02. The smallest absolute Gasteiger partial charge is 0.137 e. The molecule has 9 aromatic carbocycles. The van der Waals surface area contributed by atoms with Crippen molar-refractivity contribution in [2.24, 2.45) is 5.92 Å². The van der Waals surface area contributed by atoms with Gasteiger partial charge in [-0.15, -0.1) is 11.3 Å². The lowest BCUT2D eigenvalue weighted by Gasteiger charge is -2.42. The monoisotopic (exact) mass is 968 g/mol. The molecule has 0 amide bonds. The number of hydrogen-bond donors (Lipinski definition) is 0. The summed E-state index contributed by atoms with van der Waals surface area (Å²) in [7, 11) is 0. The van der Waals surface area contributed by atoms with Crippen LogP contribution in [0.3, 0.4) is 0 Å². The van der Waals surface area contributed by atoms with E-state index in [1.54, 1.807) is 0 Å². The molecule has 4 heterocycles. The number of ether oxygens (including phenoxy) is 1. The molecule has 3 aliphatic carbocycles. The van der Waals surface area contributed by atoms with Crippen LogP contribution in [0.5, 0.6) is 11.5 Å². The Morgan fingerprint density at radius 2 is 1.12 bits per heavy atom. The maximum Gasteiger partial charge on any atom is 0.137 e. The van der Waals surface area contributed by atoms with E-state index in [4.69, 9.17) is 9.72 Å². The van der Waals surface area contributed by atoms with Crippen LogP contribution in [0, 0.1) is 5.92 Å². The van der Waals surface area contributed by atoms with Crippen LogP contribution in [-0.2, 0) is 10.8 Å². The van der Waals surface area contributed by atoms with Crippen molar-refractivity contribution in [2.45, 2.75) is 34.0 Å². The molecule has 73 heavy (non-hydrogen) atoms. The first-order valence-corrected chi connectivity index (χ1v) is 26.9. The molecule has 344 valence electrons. The molecule has 0 radical (unpaired) electrons. The molecule has 2 aromatic heterocycles. The van der Waals surface area contributed by atoms with Crippen LogP contribution < -0.4 is 9.64 Å². The van der Waals surface area contributed by atoms with E-state index < -0.39 is 10.8 Å². The highest BCUT2D eigenvalue weighted by molar-refractivity contribution is 7.99. The first kappa shape index (κ1) is 41.4. The summed E-state index contributed by atoms with van der Waals surface area (Å²) in [5.74, 6) is 3.01. The third-order valence-electron chi connectivity index (χ3n) is 16.4. The van der Waals surface area contributed by atoms with Crippen molar-refractivity contribution in [3.63, 3.8) is 0 Å². The Labute approximate surface area is 432 Å². The highest BCUT2D eigenvalue weighted by Crippen LogP contribution is 2.65. The molecule has 0 fully saturated rings. The lowest BCUT2D eigenvalue weighted by atomic mass is 9.63. The van der Waals surface area contributed by atoms with Crippen LogP contribution in [0.1, 0.15) is 57.9 Å². The fourth-order valence-electron chi connectivity index (χ4n) is 13.5. The van der Waals surface area contributed by atoms with Crippen LogP contribution in [0.25, 0.3) is 48.0 Å². The molecule has 3 nitrogen and oxygen atoms in total. The number of allylic oxidation sites excluding steroid dienone is 4. The van der Waals surface area contributed by atoms with Gasteiger partial charge in [-0.05, 0) is 146 Å². The van der Waals surface area contributed by atoms with E-state index in [9.17, 15) is 0 Å². The first-order valence-electron chi connectivity index (χ1n) is 25.3. The number of thiophene rings is 1. The zero-order chi connectivity index (χ0) is 48.0. The van der Waals surface area contributed by atoms with Gasteiger partial charge in [0.1, 0.15) is 17.3 Å². The topological polar surface area (TPSA) is 25.4 Å². The van der Waals surface area contributed by atoms with Crippen LogP contribution in [0.15, 0.2) is 246 Å². The molecular formula is C68H44N2OS2. The SMILES string of the molecule is CC1C=CC2=C(C1)C1(c3ccccc3Oc3ccc(N(c4ccc5c(c4)C4(c6ccccc6S5)c5ccccc5-c5ccccc54)c4ccc(-c5cccc6sc7ccccc7c56)cn4)cc31)c1ccccc12. The molecule has 2 aliphatic heterocycles. The second-order valence-corrected chi connectivity index (χ2v) is 22.3. The molecule has 2 spiro atoms.